The van der Waals surface area contributed by atoms with Gasteiger partial charge in [-0.3, -0.25) is 9.59 Å². The first-order valence-corrected chi connectivity index (χ1v) is 20.3. The number of alkyl carbamates (subject to hydrolysis) is 2. The monoisotopic (exact) mass is 866 g/mol. The number of nitrogens with zero attached hydrogens (tertiary/aromatic N) is 4. The number of fused-ring (bicyclic) bond motifs is 1. The van der Waals surface area contributed by atoms with Crippen LogP contribution in [-0.4, -0.2) is 93.1 Å². The molecule has 0 saturated carbocycles. The summed E-state index contributed by atoms with van der Waals surface area (Å²) in [5.41, 5.74) is 3.86. The van der Waals surface area contributed by atoms with Crippen molar-refractivity contribution in [3.63, 3.8) is 0 Å². The van der Waals surface area contributed by atoms with Crippen molar-refractivity contribution in [2.75, 3.05) is 27.3 Å². The van der Waals surface area contributed by atoms with Gasteiger partial charge in [0.2, 0.25) is 11.8 Å². The number of amides is 4. The number of benzene rings is 2. The van der Waals surface area contributed by atoms with Gasteiger partial charge in [-0.1, -0.05) is 52.0 Å². The van der Waals surface area contributed by atoms with Crippen LogP contribution in [0.1, 0.15) is 77.1 Å². The number of aromatic amines is 2. The van der Waals surface area contributed by atoms with Crippen LogP contribution in [0.3, 0.4) is 0 Å². The van der Waals surface area contributed by atoms with Crippen LogP contribution in [0, 0.1) is 11.8 Å². The number of aromatic nitrogens is 4. The average molecular weight is 868 g/mol. The minimum Gasteiger partial charge on any atom is -0.453 e. The summed E-state index contributed by atoms with van der Waals surface area (Å²) in [5.74, 6) is 0.980. The molecule has 3 aromatic heterocycles. The maximum absolute atomic E-state index is 13.6. The van der Waals surface area contributed by atoms with Crippen molar-refractivity contribution in [1.29, 1.82) is 0 Å². The Morgan fingerprint density at radius 3 is 1.64 bits per heavy atom. The molecule has 14 nitrogen and oxygen atoms in total. The molecule has 2 aliphatic rings. The molecular formula is C42H52Cl2N8O6S. The molecule has 5 aromatic rings. The lowest BCUT2D eigenvalue weighted by molar-refractivity contribution is -0.136. The zero-order chi connectivity index (χ0) is 40.4. The molecular weight excluding hydrogens is 815 g/mol. The zero-order valence-electron chi connectivity index (χ0n) is 33.9. The first kappa shape index (κ1) is 45.0. The van der Waals surface area contributed by atoms with Gasteiger partial charge in [0.1, 0.15) is 23.7 Å². The van der Waals surface area contributed by atoms with E-state index in [1.807, 2.05) is 49.9 Å². The number of methoxy groups -OCH3 is 2. The molecule has 0 aliphatic carbocycles. The summed E-state index contributed by atoms with van der Waals surface area (Å²) in [5, 5.41) is 7.60. The van der Waals surface area contributed by atoms with Crippen molar-refractivity contribution in [1.82, 2.24) is 40.4 Å². The number of halogens is 2. The molecule has 59 heavy (non-hydrogen) atoms. The van der Waals surface area contributed by atoms with E-state index in [-0.39, 0.29) is 60.5 Å². The van der Waals surface area contributed by atoms with Crippen molar-refractivity contribution >= 4 is 70.9 Å². The summed E-state index contributed by atoms with van der Waals surface area (Å²) in [6.07, 6.45) is 5.67. The van der Waals surface area contributed by atoms with Gasteiger partial charge in [0.05, 0.1) is 55.0 Å². The number of thiophene rings is 1. The largest absolute Gasteiger partial charge is 0.453 e. The van der Waals surface area contributed by atoms with E-state index < -0.39 is 24.3 Å². The first-order chi connectivity index (χ1) is 27.4. The number of nitrogens with one attached hydrogen (secondary N) is 4. The maximum Gasteiger partial charge on any atom is 0.407 e. The van der Waals surface area contributed by atoms with E-state index in [9.17, 15) is 19.2 Å². The fourth-order valence-corrected chi connectivity index (χ4v) is 8.84. The second-order valence-corrected chi connectivity index (χ2v) is 16.5. The maximum atomic E-state index is 13.6. The van der Waals surface area contributed by atoms with Crippen LogP contribution in [0.25, 0.3) is 43.0 Å². The van der Waals surface area contributed by atoms with Crippen LogP contribution >= 0.6 is 36.2 Å². The molecule has 316 valence electrons. The number of ether oxygens (including phenoxy) is 2. The Kier molecular flexibility index (Phi) is 14.7. The quantitative estimate of drug-likeness (QED) is 0.103. The predicted octanol–water partition coefficient (Wildman–Crippen LogP) is 8.28. The molecule has 17 heteroatoms. The molecule has 0 spiro atoms. The molecule has 2 aromatic carbocycles. The number of hydrogen-bond acceptors (Lipinski definition) is 9. The summed E-state index contributed by atoms with van der Waals surface area (Å²) >= 11 is 1.67. The second kappa shape index (κ2) is 19.3. The van der Waals surface area contributed by atoms with E-state index in [1.165, 1.54) is 14.2 Å². The highest BCUT2D eigenvalue weighted by molar-refractivity contribution is 7.18. The highest BCUT2D eigenvalue weighted by Crippen LogP contribution is 2.38. The lowest BCUT2D eigenvalue weighted by Crippen LogP contribution is -2.51. The van der Waals surface area contributed by atoms with Gasteiger partial charge >= 0.3 is 12.2 Å². The van der Waals surface area contributed by atoms with Gasteiger partial charge in [-0.15, -0.1) is 36.2 Å². The molecule has 5 heterocycles. The molecule has 0 bridgehead atoms. The van der Waals surface area contributed by atoms with Gasteiger partial charge < -0.3 is 39.9 Å². The van der Waals surface area contributed by atoms with Crippen LogP contribution < -0.4 is 10.6 Å². The number of carbonyl (C=O) groups excluding carboxylic acids is 4. The number of imidazole rings is 2. The van der Waals surface area contributed by atoms with Crippen LogP contribution in [0.15, 0.2) is 60.9 Å². The van der Waals surface area contributed by atoms with Crippen molar-refractivity contribution in [3.8, 4) is 32.3 Å². The molecule has 2 fully saturated rings. The number of hydrogen-bond donors (Lipinski definition) is 4. The van der Waals surface area contributed by atoms with Crippen molar-refractivity contribution in [2.45, 2.75) is 77.5 Å². The smallest absolute Gasteiger partial charge is 0.407 e. The Hall–Kier alpha value is -5.12. The van der Waals surface area contributed by atoms with Crippen molar-refractivity contribution in [3.05, 3.63) is 72.6 Å². The minimum atomic E-state index is -0.688. The Balaban J connectivity index is 0.00000331. The molecule has 2 aliphatic heterocycles. The third-order valence-electron chi connectivity index (χ3n) is 11.0. The van der Waals surface area contributed by atoms with Crippen molar-refractivity contribution in [2.24, 2.45) is 11.8 Å². The molecule has 4 amide bonds. The van der Waals surface area contributed by atoms with Crippen molar-refractivity contribution < 1.29 is 28.7 Å². The lowest BCUT2D eigenvalue weighted by Gasteiger charge is -2.30. The Morgan fingerprint density at radius 2 is 1.14 bits per heavy atom. The molecule has 4 N–H and O–H groups in total. The van der Waals surface area contributed by atoms with Crippen LogP contribution in [0.5, 0.6) is 0 Å². The molecule has 2 saturated heterocycles. The van der Waals surface area contributed by atoms with Gasteiger partial charge in [-0.25, -0.2) is 19.6 Å². The van der Waals surface area contributed by atoms with E-state index >= 15 is 0 Å². The van der Waals surface area contributed by atoms with E-state index in [2.05, 4.69) is 69.1 Å². The zero-order valence-corrected chi connectivity index (χ0v) is 36.4. The summed E-state index contributed by atoms with van der Waals surface area (Å²) in [6.45, 7) is 8.81. The number of likely N-dealkylation sites (tertiary alicyclic amines) is 2. The Morgan fingerprint density at radius 1 is 0.678 bits per heavy atom. The fourth-order valence-electron chi connectivity index (χ4n) is 7.87. The molecule has 0 radical (unpaired) electrons. The topological polar surface area (TPSA) is 175 Å². The van der Waals surface area contributed by atoms with Gasteiger partial charge in [-0.2, -0.15) is 0 Å². The summed E-state index contributed by atoms with van der Waals surface area (Å²) in [6, 6.07) is 15.2. The molecule has 1 unspecified atom stereocenters. The number of rotatable bonds is 11. The summed E-state index contributed by atoms with van der Waals surface area (Å²) in [7, 11) is 2.58. The normalized spacial score (nSPS) is 17.4. The third kappa shape index (κ3) is 9.53. The predicted molar refractivity (Wildman–Crippen MR) is 233 cm³/mol. The van der Waals surface area contributed by atoms with Gasteiger partial charge in [0, 0.05) is 23.5 Å². The average Bonchev–Trinajstić information content (AvgIpc) is 4.06. The summed E-state index contributed by atoms with van der Waals surface area (Å²) < 4.78 is 9.53. The van der Waals surface area contributed by atoms with Crippen LogP contribution in [0.2, 0.25) is 0 Å². The Bertz CT molecular complexity index is 2270. The first-order valence-electron chi connectivity index (χ1n) is 19.5. The second-order valence-electron chi connectivity index (χ2n) is 15.4. The highest BCUT2D eigenvalue weighted by atomic mass is 35.5. The number of carbonyl (C=O) groups is 4. The minimum absolute atomic E-state index is 0. The van der Waals surface area contributed by atoms with E-state index in [0.717, 1.165) is 80.4 Å². The molecule has 4 atom stereocenters. The standard InChI is InChI=1S/C42H50N8O6S.2ClH/c1-23(2)35(47-41(53)55-5)39(51)49-17-7-9-31(49)37-43-21-29(45-37)27-13-11-26-20-28(14-12-25(26)19-27)33-15-16-34(57-33)30-22-44-38(46-30)32-10-8-18-50(32)40(52)36(24(3)4)48-42(54)56-6;;/h11-16,19-24,31-32,35-36H,7-10,17-18H2,1-6H3,(H,43,45)(H,44,46)(H,47,53)(H,48,54);2*1H/t31-,32-,35-,36?;;/m0../s1. The Labute approximate surface area is 360 Å². The SMILES string of the molecule is COC(=O)NC(C(=O)N1CCC[C@H]1c1ncc(-c2ccc(-c3ccc4cc(-c5cnc([C@@H]6CCCN6C(=O)[C@@H](NC(=O)OC)C(C)C)[nH]5)ccc4c3)s2)[nH]1)C(C)C.Cl.Cl. The highest BCUT2D eigenvalue weighted by Gasteiger charge is 2.39. The fraction of sp³-hybridized carbons (Fsp3) is 0.429. The van der Waals surface area contributed by atoms with Gasteiger partial charge in [-0.05, 0) is 78.1 Å². The van der Waals surface area contributed by atoms with E-state index in [1.54, 1.807) is 11.3 Å². The number of H-pyrrole nitrogens is 2. The van der Waals surface area contributed by atoms with Gasteiger partial charge in [0.15, 0.2) is 0 Å². The summed E-state index contributed by atoms with van der Waals surface area (Å²) in [4.78, 5) is 73.3. The van der Waals surface area contributed by atoms with Crippen LogP contribution in [-0.2, 0) is 19.1 Å². The van der Waals surface area contributed by atoms with E-state index in [0.29, 0.717) is 13.1 Å². The van der Waals surface area contributed by atoms with E-state index in [4.69, 9.17) is 19.4 Å². The molecule has 7 rings (SSSR count). The van der Waals surface area contributed by atoms with Crippen LogP contribution in [0.4, 0.5) is 9.59 Å². The third-order valence-corrected chi connectivity index (χ3v) is 12.2. The lowest BCUT2D eigenvalue weighted by atomic mass is 10.0. The van der Waals surface area contributed by atoms with Gasteiger partial charge in [0.25, 0.3) is 0 Å².